The number of hydrogen-bond donors (Lipinski definition) is 0. The molecule has 7 nitrogen and oxygen atoms in total. The van der Waals surface area contributed by atoms with Crippen LogP contribution in [0.4, 0.5) is 0 Å². The van der Waals surface area contributed by atoms with Gasteiger partial charge in [0.05, 0.1) is 11.3 Å². The van der Waals surface area contributed by atoms with Crippen LogP contribution in [0.1, 0.15) is 53.5 Å². The van der Waals surface area contributed by atoms with Crippen LogP contribution >= 0.6 is 11.8 Å². The predicted octanol–water partition coefficient (Wildman–Crippen LogP) is 4.62. The van der Waals surface area contributed by atoms with Crippen LogP contribution in [0.15, 0.2) is 53.8 Å². The fourth-order valence-electron chi connectivity index (χ4n) is 3.36. The third-order valence-electron chi connectivity index (χ3n) is 5.07. The molecule has 2 rings (SSSR count). The number of carbonyl (C=O) groups excluding carboxylic acids is 4. The molecule has 1 aliphatic rings. The first-order valence-corrected chi connectivity index (χ1v) is 11.9. The summed E-state index contributed by atoms with van der Waals surface area (Å²) in [5, 5.41) is -0.670. The maximum absolute atomic E-state index is 13.0. The Morgan fingerprint density at radius 1 is 1.06 bits per heavy atom. The Balaban J connectivity index is 2.17. The lowest BCUT2D eigenvalue weighted by molar-refractivity contribution is -0.173. The minimum absolute atomic E-state index is 0.0554. The van der Waals surface area contributed by atoms with Gasteiger partial charge in [-0.1, -0.05) is 47.7 Å². The SMILES string of the molecule is C=C(C)C[C@H]1C(=O)N(C(C(=O)OCOC(=O)C(C)(C)C)=C(C)C)[C@@H]1SC(=O)Cc1ccccc1. The summed E-state index contributed by atoms with van der Waals surface area (Å²) in [7, 11) is 0. The van der Waals surface area contributed by atoms with E-state index >= 15 is 0 Å². The van der Waals surface area contributed by atoms with Crippen molar-refractivity contribution in [1.29, 1.82) is 0 Å². The van der Waals surface area contributed by atoms with Crippen LogP contribution in [-0.4, -0.2) is 40.0 Å². The van der Waals surface area contributed by atoms with Gasteiger partial charge >= 0.3 is 11.9 Å². The summed E-state index contributed by atoms with van der Waals surface area (Å²) in [6.45, 7) is 13.6. The van der Waals surface area contributed by atoms with Crippen molar-refractivity contribution in [3.63, 3.8) is 0 Å². The van der Waals surface area contributed by atoms with E-state index < -0.39 is 35.4 Å². The van der Waals surface area contributed by atoms with Crippen LogP contribution in [0, 0.1) is 11.3 Å². The fourth-order valence-corrected chi connectivity index (χ4v) is 4.57. The van der Waals surface area contributed by atoms with Crippen LogP contribution in [0.3, 0.4) is 0 Å². The van der Waals surface area contributed by atoms with Gasteiger partial charge in [0.25, 0.3) is 0 Å². The number of ether oxygens (including phenoxy) is 2. The second-order valence-electron chi connectivity index (χ2n) is 9.60. The maximum Gasteiger partial charge on any atom is 0.357 e. The second-order valence-corrected chi connectivity index (χ2v) is 10.8. The van der Waals surface area contributed by atoms with Gasteiger partial charge in [0.1, 0.15) is 11.1 Å². The number of thioether (sulfide) groups is 1. The second kappa shape index (κ2) is 11.5. The van der Waals surface area contributed by atoms with Crippen molar-refractivity contribution in [2.75, 3.05) is 6.79 Å². The van der Waals surface area contributed by atoms with E-state index in [1.165, 1.54) is 4.90 Å². The van der Waals surface area contributed by atoms with E-state index in [1.807, 2.05) is 37.3 Å². The Bertz CT molecular complexity index is 988. The molecule has 184 valence electrons. The molecule has 0 unspecified atom stereocenters. The first kappa shape index (κ1) is 27.4. The summed E-state index contributed by atoms with van der Waals surface area (Å²) in [6, 6.07) is 9.33. The molecule has 0 aromatic heterocycles. The molecular weight excluding hydrogens is 454 g/mol. The molecule has 1 aliphatic heterocycles. The highest BCUT2D eigenvalue weighted by Crippen LogP contribution is 2.42. The molecule has 1 amide bonds. The monoisotopic (exact) mass is 487 g/mol. The fraction of sp³-hybridized carbons (Fsp3) is 0.462. The predicted molar refractivity (Wildman–Crippen MR) is 131 cm³/mol. The van der Waals surface area contributed by atoms with Gasteiger partial charge < -0.3 is 9.47 Å². The standard InChI is InChI=1S/C26H33NO6S/c1-16(2)13-19-22(29)27(23(19)34-20(28)14-18-11-9-8-10-12-18)21(17(3)4)24(30)32-15-33-25(31)26(5,6)7/h8-12,19,23H,1,13-15H2,2-7H3/t19-,23+/m0/s1. The summed E-state index contributed by atoms with van der Waals surface area (Å²) in [6.07, 6.45) is 0.626. The molecular formula is C26H33NO6S. The van der Waals surface area contributed by atoms with Crippen molar-refractivity contribution < 1.29 is 28.7 Å². The van der Waals surface area contributed by atoms with Crippen LogP contribution in [0.2, 0.25) is 0 Å². The minimum Gasteiger partial charge on any atom is -0.427 e. The number of carbonyl (C=O) groups is 4. The Hall–Kier alpha value is -2.87. The summed E-state index contributed by atoms with van der Waals surface area (Å²) < 4.78 is 10.2. The van der Waals surface area contributed by atoms with Gasteiger partial charge in [0.2, 0.25) is 12.7 Å². The Labute approximate surface area is 205 Å². The van der Waals surface area contributed by atoms with E-state index in [0.29, 0.717) is 12.0 Å². The van der Waals surface area contributed by atoms with Crippen molar-refractivity contribution in [3.8, 4) is 0 Å². The molecule has 8 heteroatoms. The minimum atomic E-state index is -0.787. The zero-order valence-electron chi connectivity index (χ0n) is 20.7. The zero-order chi connectivity index (χ0) is 25.6. The molecule has 0 bridgehead atoms. The Morgan fingerprint density at radius 2 is 1.68 bits per heavy atom. The van der Waals surface area contributed by atoms with E-state index in [0.717, 1.165) is 22.9 Å². The van der Waals surface area contributed by atoms with Gasteiger partial charge in [0.15, 0.2) is 5.12 Å². The van der Waals surface area contributed by atoms with Gasteiger partial charge in [-0.05, 0) is 59.1 Å². The number of β-lactam (4-membered cyclic amide) rings is 1. The molecule has 1 fully saturated rings. The van der Waals surface area contributed by atoms with E-state index in [2.05, 4.69) is 6.58 Å². The van der Waals surface area contributed by atoms with Crippen molar-refractivity contribution in [2.24, 2.45) is 11.3 Å². The summed E-state index contributed by atoms with van der Waals surface area (Å²) in [5.74, 6) is -2.04. The largest absolute Gasteiger partial charge is 0.427 e. The first-order chi connectivity index (χ1) is 15.8. The molecule has 1 aromatic carbocycles. The molecule has 0 saturated carbocycles. The van der Waals surface area contributed by atoms with Gasteiger partial charge in [-0.15, -0.1) is 6.58 Å². The number of nitrogens with zero attached hydrogens (tertiary/aromatic N) is 1. The highest BCUT2D eigenvalue weighted by atomic mass is 32.2. The molecule has 1 heterocycles. The van der Waals surface area contributed by atoms with E-state index in [9.17, 15) is 19.2 Å². The van der Waals surface area contributed by atoms with Crippen molar-refractivity contribution in [2.45, 2.75) is 59.8 Å². The molecule has 34 heavy (non-hydrogen) atoms. The summed E-state index contributed by atoms with van der Waals surface area (Å²) >= 11 is 1.04. The van der Waals surface area contributed by atoms with E-state index in [-0.39, 0.29) is 23.1 Å². The average molecular weight is 488 g/mol. The van der Waals surface area contributed by atoms with Gasteiger partial charge in [-0.2, -0.15) is 0 Å². The molecule has 0 aliphatic carbocycles. The van der Waals surface area contributed by atoms with Crippen LogP contribution in [-0.2, 0) is 35.1 Å². The highest BCUT2D eigenvalue weighted by Gasteiger charge is 2.51. The van der Waals surface area contributed by atoms with Crippen molar-refractivity contribution in [3.05, 3.63) is 59.3 Å². The molecule has 0 spiro atoms. The van der Waals surface area contributed by atoms with Crippen molar-refractivity contribution >= 4 is 34.7 Å². The number of likely N-dealkylation sites (tertiary alicyclic amines) is 1. The van der Waals surface area contributed by atoms with Crippen LogP contribution in [0.5, 0.6) is 0 Å². The molecule has 0 radical (unpaired) electrons. The first-order valence-electron chi connectivity index (χ1n) is 11.1. The molecule has 0 N–H and O–H groups in total. The van der Waals surface area contributed by atoms with Gasteiger partial charge in [-0.25, -0.2) is 4.79 Å². The van der Waals surface area contributed by atoms with Crippen LogP contribution < -0.4 is 0 Å². The number of esters is 2. The number of allylic oxidation sites excluding steroid dienone is 2. The topological polar surface area (TPSA) is 90.0 Å². The highest BCUT2D eigenvalue weighted by molar-refractivity contribution is 8.14. The van der Waals surface area contributed by atoms with Gasteiger partial charge in [-0.3, -0.25) is 19.3 Å². The summed E-state index contributed by atoms with van der Waals surface area (Å²) in [5.41, 5.74) is 1.55. The number of benzene rings is 1. The lowest BCUT2D eigenvalue weighted by Gasteiger charge is -2.47. The molecule has 1 saturated heterocycles. The number of amides is 1. The lowest BCUT2D eigenvalue weighted by atomic mass is 9.90. The zero-order valence-corrected chi connectivity index (χ0v) is 21.5. The Morgan fingerprint density at radius 3 is 2.21 bits per heavy atom. The van der Waals surface area contributed by atoms with E-state index in [4.69, 9.17) is 9.47 Å². The van der Waals surface area contributed by atoms with E-state index in [1.54, 1.807) is 34.6 Å². The maximum atomic E-state index is 13.0. The average Bonchev–Trinajstić information content (AvgIpc) is 2.74. The van der Waals surface area contributed by atoms with Crippen LogP contribution in [0.25, 0.3) is 0 Å². The third kappa shape index (κ3) is 7.06. The quantitative estimate of drug-likeness (QED) is 0.165. The van der Waals surface area contributed by atoms with Crippen molar-refractivity contribution in [1.82, 2.24) is 4.90 Å². The third-order valence-corrected chi connectivity index (χ3v) is 6.25. The Kier molecular flexibility index (Phi) is 9.27. The molecule has 1 aromatic rings. The smallest absolute Gasteiger partial charge is 0.357 e. The summed E-state index contributed by atoms with van der Waals surface area (Å²) in [4.78, 5) is 52.0. The van der Waals surface area contributed by atoms with Gasteiger partial charge in [0, 0.05) is 6.42 Å². The normalized spacial score (nSPS) is 17.5. The number of hydrogen-bond acceptors (Lipinski definition) is 7. The lowest BCUT2D eigenvalue weighted by Crippen LogP contribution is -2.60. The number of rotatable bonds is 9. The molecule has 2 atom stereocenters.